The predicted octanol–water partition coefficient (Wildman–Crippen LogP) is 6.07. The fourth-order valence-corrected chi connectivity index (χ4v) is 3.28. The van der Waals surface area contributed by atoms with Crippen LogP contribution in [0.1, 0.15) is 5.56 Å². The van der Waals surface area contributed by atoms with E-state index in [9.17, 15) is 61.1 Å². The van der Waals surface area contributed by atoms with E-state index in [1.807, 2.05) is 0 Å². The van der Waals surface area contributed by atoms with Crippen molar-refractivity contribution in [3.63, 3.8) is 0 Å². The van der Waals surface area contributed by atoms with E-state index in [1.54, 1.807) is 0 Å². The van der Waals surface area contributed by atoms with Crippen molar-refractivity contribution in [2.24, 2.45) is 0 Å². The van der Waals surface area contributed by atoms with E-state index in [1.165, 1.54) is 0 Å². The summed E-state index contributed by atoms with van der Waals surface area (Å²) < 4.78 is 191. The average Bonchev–Trinajstić information content (AvgIpc) is 2.66. The molecular weight excluding hydrogens is 512 g/mol. The van der Waals surface area contributed by atoms with Gasteiger partial charge in [0, 0.05) is 6.42 Å². The molecule has 0 unspecified atom stereocenters. The predicted molar refractivity (Wildman–Crippen MR) is 88.2 cm³/mol. The third-order valence-corrected chi connectivity index (χ3v) is 5.44. The van der Waals surface area contributed by atoms with E-state index < -0.39 is 68.4 Å². The fourth-order valence-electron chi connectivity index (χ4n) is 2.77. The van der Waals surface area contributed by atoms with E-state index >= 15 is 0 Å². The van der Waals surface area contributed by atoms with E-state index in [0.717, 1.165) is 12.1 Å². The monoisotopic (exact) mass is 522 g/mol. The molecule has 0 heterocycles. The van der Waals surface area contributed by atoms with Crippen LogP contribution in [0.5, 0.6) is 0 Å². The summed E-state index contributed by atoms with van der Waals surface area (Å²) >= 11 is 0. The van der Waals surface area contributed by atoms with Crippen LogP contribution in [0.25, 0.3) is 10.8 Å². The molecule has 16 heteroatoms. The summed E-state index contributed by atoms with van der Waals surface area (Å²) in [6, 6.07) is 4.48. The second-order valence-corrected chi connectivity index (χ2v) is 8.22. The lowest BCUT2D eigenvalue weighted by Crippen LogP contribution is -2.68. The molecule has 0 amide bonds. The number of hydrogen-bond donors (Lipinski definition) is 1. The number of alkyl halides is 12. The van der Waals surface area contributed by atoms with E-state index in [2.05, 4.69) is 0 Å². The van der Waals surface area contributed by atoms with Crippen LogP contribution < -0.4 is 0 Å². The first-order valence-electron chi connectivity index (χ1n) is 8.27. The van der Waals surface area contributed by atoms with Crippen molar-refractivity contribution in [2.45, 2.75) is 47.4 Å². The molecule has 0 saturated carbocycles. The molecule has 186 valence electrons. The van der Waals surface area contributed by atoms with Gasteiger partial charge in [0.05, 0.1) is 4.90 Å². The maximum atomic E-state index is 14.2. The summed E-state index contributed by atoms with van der Waals surface area (Å²) in [5.41, 5.74) is -0.946. The van der Waals surface area contributed by atoms with E-state index in [-0.39, 0.29) is 5.39 Å². The lowest BCUT2D eigenvalue weighted by atomic mass is 9.90. The third-order valence-electron chi connectivity index (χ3n) is 4.59. The molecule has 3 nitrogen and oxygen atoms in total. The normalized spacial score (nSPS) is 14.8. The van der Waals surface area contributed by atoms with Gasteiger partial charge >= 0.3 is 36.0 Å². The van der Waals surface area contributed by atoms with Crippen molar-refractivity contribution in [1.82, 2.24) is 0 Å². The van der Waals surface area contributed by atoms with Gasteiger partial charge in [-0.2, -0.15) is 52.3 Å². The first-order valence-corrected chi connectivity index (χ1v) is 9.71. The van der Waals surface area contributed by atoms with Crippen LogP contribution in [-0.4, -0.2) is 49.0 Å². The van der Waals surface area contributed by atoms with Crippen LogP contribution in [0.4, 0.5) is 52.7 Å². The molecule has 0 bridgehead atoms. The molecule has 2 rings (SSSR count). The largest absolute Gasteiger partial charge is 0.384 e. The number of halogens is 12. The van der Waals surface area contributed by atoms with Gasteiger partial charge in [0.25, 0.3) is 10.1 Å². The Morgan fingerprint density at radius 1 is 0.788 bits per heavy atom. The summed E-state index contributed by atoms with van der Waals surface area (Å²) in [4.78, 5) is -0.773. The molecule has 0 aromatic heterocycles. The van der Waals surface area contributed by atoms with Crippen molar-refractivity contribution < 1.29 is 65.7 Å². The minimum atomic E-state index is -7.63. The average molecular weight is 522 g/mol. The fraction of sp³-hybridized carbons (Fsp3) is 0.412. The number of fused-ring (bicyclic) bond motifs is 1. The molecule has 0 spiro atoms. The minimum absolute atomic E-state index is 0.303. The molecule has 2 aromatic rings. The third kappa shape index (κ3) is 4.22. The van der Waals surface area contributed by atoms with Gasteiger partial charge in [0.1, 0.15) is 0 Å². The van der Waals surface area contributed by atoms with Crippen LogP contribution in [0.3, 0.4) is 0 Å². The lowest BCUT2D eigenvalue weighted by molar-refractivity contribution is -0.412. The smallest absolute Gasteiger partial charge is 0.282 e. The minimum Gasteiger partial charge on any atom is -0.282 e. The maximum absolute atomic E-state index is 14.2. The van der Waals surface area contributed by atoms with Gasteiger partial charge in [-0.25, -0.2) is 8.78 Å². The van der Waals surface area contributed by atoms with Gasteiger partial charge < -0.3 is 0 Å². The quantitative estimate of drug-likeness (QED) is 0.338. The molecular formula is C17H10F12O3S. The van der Waals surface area contributed by atoms with Crippen molar-refractivity contribution in [3.8, 4) is 0 Å². The topological polar surface area (TPSA) is 54.4 Å². The Morgan fingerprint density at radius 3 is 1.82 bits per heavy atom. The lowest BCUT2D eigenvalue weighted by Gasteiger charge is -2.39. The molecule has 0 atom stereocenters. The second-order valence-electron chi connectivity index (χ2n) is 6.80. The van der Waals surface area contributed by atoms with Crippen molar-refractivity contribution >= 4 is 20.9 Å². The van der Waals surface area contributed by atoms with Gasteiger partial charge in [-0.1, -0.05) is 24.3 Å². The van der Waals surface area contributed by atoms with E-state index in [0.29, 0.717) is 24.3 Å². The van der Waals surface area contributed by atoms with Gasteiger partial charge in [-0.15, -0.1) is 0 Å². The van der Waals surface area contributed by atoms with Gasteiger partial charge in [0.15, 0.2) is 0 Å². The van der Waals surface area contributed by atoms with Gasteiger partial charge in [0.2, 0.25) is 0 Å². The standard InChI is InChI=1S/C17H10F12O3S/c18-12(19)14(22,23)16(26,27)17(28,29)15(24,25)13(20,21)7-9-3-1-2-8-6-10(33(30,31)32)4-5-11(8)9/h1-6,12H,7H2,(H,30,31,32). The van der Waals surface area contributed by atoms with Crippen molar-refractivity contribution in [2.75, 3.05) is 0 Å². The first kappa shape index (κ1) is 27.0. The molecule has 0 radical (unpaired) electrons. The van der Waals surface area contributed by atoms with E-state index in [4.69, 9.17) is 4.55 Å². The van der Waals surface area contributed by atoms with Gasteiger partial charge in [-0.05, 0) is 28.5 Å². The Balaban J connectivity index is 2.56. The molecule has 1 N–H and O–H groups in total. The zero-order valence-corrected chi connectivity index (χ0v) is 16.3. The molecule has 33 heavy (non-hydrogen) atoms. The highest BCUT2D eigenvalue weighted by Gasteiger charge is 2.87. The Morgan fingerprint density at radius 2 is 1.33 bits per heavy atom. The van der Waals surface area contributed by atoms with Crippen LogP contribution in [0.15, 0.2) is 41.3 Å². The Kier molecular flexibility index (Phi) is 6.49. The summed E-state index contributed by atoms with van der Waals surface area (Å²) in [5, 5.41) is -0.781. The Bertz CT molecular complexity index is 1150. The van der Waals surface area contributed by atoms with Crippen molar-refractivity contribution in [1.29, 1.82) is 0 Å². The number of benzene rings is 2. The van der Waals surface area contributed by atoms with Crippen LogP contribution in [0, 0.1) is 0 Å². The zero-order chi connectivity index (χ0) is 25.8. The maximum Gasteiger partial charge on any atom is 0.384 e. The summed E-state index contributed by atoms with van der Waals surface area (Å²) in [6.45, 7) is 0. The zero-order valence-electron chi connectivity index (χ0n) is 15.5. The SMILES string of the molecule is O=S(=O)(O)c1ccc2c(CC(F)(F)C(F)(F)C(F)(F)C(F)(F)C(F)(F)C(F)F)cccc2c1. The second kappa shape index (κ2) is 7.92. The highest BCUT2D eigenvalue weighted by Crippen LogP contribution is 2.58. The van der Waals surface area contributed by atoms with Crippen molar-refractivity contribution in [3.05, 3.63) is 42.0 Å². The molecule has 2 aromatic carbocycles. The summed E-state index contributed by atoms with van der Waals surface area (Å²) in [6.07, 6.45) is -8.05. The summed E-state index contributed by atoms with van der Waals surface area (Å²) in [5.74, 6) is -35.7. The highest BCUT2D eigenvalue weighted by molar-refractivity contribution is 7.85. The van der Waals surface area contributed by atoms with Crippen LogP contribution >= 0.6 is 0 Å². The first-order chi connectivity index (χ1) is 14.6. The molecule has 0 aliphatic heterocycles. The molecule has 0 aliphatic carbocycles. The Labute approximate surface area is 176 Å². The molecule has 0 saturated heterocycles. The Hall–Kier alpha value is -2.23. The molecule has 0 fully saturated rings. The van der Waals surface area contributed by atoms with Crippen LogP contribution in [0.2, 0.25) is 0 Å². The van der Waals surface area contributed by atoms with Gasteiger partial charge in [-0.3, -0.25) is 4.55 Å². The summed E-state index contributed by atoms with van der Waals surface area (Å²) in [7, 11) is -4.81. The number of rotatable bonds is 8. The highest BCUT2D eigenvalue weighted by atomic mass is 32.2. The van der Waals surface area contributed by atoms with Crippen LogP contribution in [-0.2, 0) is 16.5 Å². The molecule has 0 aliphatic rings. The number of hydrogen-bond acceptors (Lipinski definition) is 2.